The molecule has 130 valence electrons. The first-order valence-electron chi connectivity index (χ1n) is 9.00. The van der Waals surface area contributed by atoms with E-state index in [9.17, 15) is 4.79 Å². The second kappa shape index (κ2) is 7.35. The number of carbonyl (C=O) groups excluding carboxylic acids is 1. The van der Waals surface area contributed by atoms with Gasteiger partial charge in [-0.3, -0.25) is 15.6 Å². The van der Waals surface area contributed by atoms with E-state index in [1.165, 1.54) is 5.56 Å². The number of hydrazine groups is 1. The second-order valence-electron chi connectivity index (χ2n) is 6.77. The Morgan fingerprint density at radius 1 is 1.00 bits per heavy atom. The summed E-state index contributed by atoms with van der Waals surface area (Å²) in [6.45, 7) is 2.95. The Morgan fingerprint density at radius 2 is 1.84 bits per heavy atom. The van der Waals surface area contributed by atoms with Gasteiger partial charge in [0.15, 0.2) is 0 Å². The summed E-state index contributed by atoms with van der Waals surface area (Å²) in [5.41, 5.74) is 10.4. The molecule has 2 unspecified atom stereocenters. The Morgan fingerprint density at radius 3 is 2.56 bits per heavy atom. The molecule has 2 heterocycles. The van der Waals surface area contributed by atoms with Crippen molar-refractivity contribution in [3.05, 3.63) is 65.2 Å². The molecular weight excluding hydrogens is 312 g/mol. The van der Waals surface area contributed by atoms with Crippen molar-refractivity contribution in [2.24, 2.45) is 0 Å². The number of carbonyl (C=O) groups is 1. The van der Waals surface area contributed by atoms with Crippen molar-refractivity contribution in [2.45, 2.75) is 24.8 Å². The van der Waals surface area contributed by atoms with Gasteiger partial charge in [0.25, 0.3) is 5.91 Å². The molecule has 0 bridgehead atoms. The lowest BCUT2D eigenvalue weighted by atomic mass is 9.93. The molecule has 5 heteroatoms. The summed E-state index contributed by atoms with van der Waals surface area (Å²) in [5, 5.41) is 6.42. The van der Waals surface area contributed by atoms with E-state index in [1.54, 1.807) is 0 Å². The third-order valence-electron chi connectivity index (χ3n) is 5.11. The number of nitrogens with one attached hydrogen (secondary N) is 4. The van der Waals surface area contributed by atoms with Crippen LogP contribution in [-0.4, -0.2) is 25.5 Å². The highest BCUT2D eigenvalue weighted by Gasteiger charge is 2.22. The summed E-state index contributed by atoms with van der Waals surface area (Å²) < 4.78 is 0. The summed E-state index contributed by atoms with van der Waals surface area (Å²) >= 11 is 0. The average Bonchev–Trinajstić information content (AvgIpc) is 3.36. The van der Waals surface area contributed by atoms with E-state index in [0.717, 1.165) is 49.3 Å². The maximum absolute atomic E-state index is 12.8. The zero-order valence-electron chi connectivity index (χ0n) is 14.2. The molecule has 2 aliphatic rings. The first-order valence-corrected chi connectivity index (χ1v) is 9.00. The van der Waals surface area contributed by atoms with Crippen LogP contribution in [0.2, 0.25) is 0 Å². The van der Waals surface area contributed by atoms with Gasteiger partial charge in [0.2, 0.25) is 0 Å². The van der Waals surface area contributed by atoms with Gasteiger partial charge in [0.05, 0.1) is 0 Å². The van der Waals surface area contributed by atoms with Crippen molar-refractivity contribution in [1.29, 1.82) is 0 Å². The van der Waals surface area contributed by atoms with Gasteiger partial charge in [-0.25, -0.2) is 0 Å². The zero-order valence-corrected chi connectivity index (χ0v) is 14.2. The molecule has 25 heavy (non-hydrogen) atoms. The summed E-state index contributed by atoms with van der Waals surface area (Å²) in [6, 6.07) is 16.4. The van der Waals surface area contributed by atoms with Gasteiger partial charge in [-0.2, -0.15) is 0 Å². The number of rotatable bonds is 4. The van der Waals surface area contributed by atoms with Crippen molar-refractivity contribution in [1.82, 2.24) is 16.2 Å². The number of anilines is 1. The Balaban J connectivity index is 1.48. The fourth-order valence-electron chi connectivity index (χ4n) is 3.71. The van der Waals surface area contributed by atoms with Gasteiger partial charge < -0.3 is 10.6 Å². The molecule has 2 aromatic rings. The monoisotopic (exact) mass is 336 g/mol. The van der Waals surface area contributed by atoms with Gasteiger partial charge in [-0.05, 0) is 54.6 Å². The molecule has 2 fully saturated rings. The third kappa shape index (κ3) is 3.58. The van der Waals surface area contributed by atoms with E-state index in [2.05, 4.69) is 39.7 Å². The van der Waals surface area contributed by atoms with E-state index >= 15 is 0 Å². The molecule has 5 nitrogen and oxygen atoms in total. The van der Waals surface area contributed by atoms with Crippen LogP contribution < -0.4 is 21.5 Å². The molecule has 4 rings (SSSR count). The number of amides is 1. The molecule has 2 aliphatic heterocycles. The molecule has 0 saturated carbocycles. The Labute approximate surface area is 148 Å². The van der Waals surface area contributed by atoms with Crippen molar-refractivity contribution in [3.63, 3.8) is 0 Å². The maximum Gasteiger partial charge on any atom is 0.255 e. The molecule has 2 saturated heterocycles. The maximum atomic E-state index is 12.8. The van der Waals surface area contributed by atoms with Crippen molar-refractivity contribution in [3.8, 4) is 0 Å². The molecule has 0 spiro atoms. The lowest BCUT2D eigenvalue weighted by Gasteiger charge is -2.15. The van der Waals surface area contributed by atoms with E-state index in [-0.39, 0.29) is 5.91 Å². The number of benzene rings is 2. The van der Waals surface area contributed by atoms with Gasteiger partial charge in [-0.1, -0.05) is 30.3 Å². The zero-order chi connectivity index (χ0) is 17.1. The number of hydrogen-bond acceptors (Lipinski definition) is 4. The lowest BCUT2D eigenvalue weighted by molar-refractivity contribution is 0.102. The van der Waals surface area contributed by atoms with Crippen LogP contribution in [0.5, 0.6) is 0 Å². The minimum Gasteiger partial charge on any atom is -0.322 e. The smallest absolute Gasteiger partial charge is 0.255 e. The second-order valence-corrected chi connectivity index (χ2v) is 6.77. The largest absolute Gasteiger partial charge is 0.322 e. The predicted octanol–water partition coefficient (Wildman–Crippen LogP) is 2.55. The average molecular weight is 336 g/mol. The van der Waals surface area contributed by atoms with E-state index < -0.39 is 0 Å². The molecular formula is C20H24N4O. The van der Waals surface area contributed by atoms with Crippen LogP contribution in [0.4, 0.5) is 5.69 Å². The molecule has 0 radical (unpaired) electrons. The standard InChI is InChI=1S/C20H24N4O/c25-20(18-4-2-1-3-17(18)15-9-11-21-13-15)23-16-7-5-14(6-8-16)19-10-12-22-24-19/h1-8,15,19,21-22,24H,9-13H2,(H,23,25). The third-order valence-corrected chi connectivity index (χ3v) is 5.11. The Bertz CT molecular complexity index is 732. The normalized spacial score (nSPS) is 22.9. The molecule has 2 aromatic carbocycles. The summed E-state index contributed by atoms with van der Waals surface area (Å²) in [5.74, 6) is 0.390. The Kier molecular flexibility index (Phi) is 4.78. The van der Waals surface area contributed by atoms with Gasteiger partial charge >= 0.3 is 0 Å². The SMILES string of the molecule is O=C(Nc1ccc(C2CCNN2)cc1)c1ccccc1C1CCNC1. The predicted molar refractivity (Wildman–Crippen MR) is 99.6 cm³/mol. The van der Waals surface area contributed by atoms with Crippen LogP contribution in [-0.2, 0) is 0 Å². The van der Waals surface area contributed by atoms with Crippen LogP contribution in [0, 0.1) is 0 Å². The van der Waals surface area contributed by atoms with Gasteiger partial charge in [0, 0.05) is 30.4 Å². The van der Waals surface area contributed by atoms with Crippen molar-refractivity contribution in [2.75, 3.05) is 25.0 Å². The van der Waals surface area contributed by atoms with Gasteiger partial charge in [-0.15, -0.1) is 0 Å². The molecule has 0 aliphatic carbocycles. The van der Waals surface area contributed by atoms with Crippen LogP contribution >= 0.6 is 0 Å². The quantitative estimate of drug-likeness (QED) is 0.693. The van der Waals surface area contributed by atoms with Crippen molar-refractivity contribution < 1.29 is 4.79 Å². The minimum atomic E-state index is -0.0316. The topological polar surface area (TPSA) is 65.2 Å². The summed E-state index contributed by atoms with van der Waals surface area (Å²) in [4.78, 5) is 12.8. The Hall–Kier alpha value is -2.21. The fraction of sp³-hybridized carbons (Fsp3) is 0.350. The van der Waals surface area contributed by atoms with E-state index in [4.69, 9.17) is 0 Å². The first-order chi connectivity index (χ1) is 12.3. The molecule has 4 N–H and O–H groups in total. The lowest BCUT2D eigenvalue weighted by Crippen LogP contribution is -2.24. The van der Waals surface area contributed by atoms with Crippen LogP contribution in [0.1, 0.15) is 46.3 Å². The summed E-state index contributed by atoms with van der Waals surface area (Å²) in [6.07, 6.45) is 2.16. The van der Waals surface area contributed by atoms with Gasteiger partial charge in [0.1, 0.15) is 0 Å². The van der Waals surface area contributed by atoms with E-state index in [0.29, 0.717) is 12.0 Å². The molecule has 0 aromatic heterocycles. The first kappa shape index (κ1) is 16.3. The number of hydrogen-bond donors (Lipinski definition) is 4. The van der Waals surface area contributed by atoms with E-state index in [1.807, 2.05) is 30.3 Å². The van der Waals surface area contributed by atoms with Crippen LogP contribution in [0.3, 0.4) is 0 Å². The highest BCUT2D eigenvalue weighted by atomic mass is 16.1. The van der Waals surface area contributed by atoms with Crippen molar-refractivity contribution >= 4 is 11.6 Å². The van der Waals surface area contributed by atoms with Crippen LogP contribution in [0.15, 0.2) is 48.5 Å². The summed E-state index contributed by atoms with van der Waals surface area (Å²) in [7, 11) is 0. The minimum absolute atomic E-state index is 0.0316. The fourth-order valence-corrected chi connectivity index (χ4v) is 3.71. The van der Waals surface area contributed by atoms with Crippen LogP contribution in [0.25, 0.3) is 0 Å². The molecule has 2 atom stereocenters. The highest BCUT2D eigenvalue weighted by Crippen LogP contribution is 2.26. The highest BCUT2D eigenvalue weighted by molar-refractivity contribution is 6.05. The molecule has 1 amide bonds.